The third-order valence-corrected chi connectivity index (χ3v) is 5.99. The van der Waals surface area contributed by atoms with Gasteiger partial charge in [-0.05, 0) is 49.7 Å². The van der Waals surface area contributed by atoms with Crippen molar-refractivity contribution >= 4 is 17.5 Å². The average Bonchev–Trinajstić information content (AvgIpc) is 2.62. The largest absolute Gasteiger partial charge is 0.506 e. The van der Waals surface area contributed by atoms with E-state index in [1.807, 2.05) is 32.9 Å². The molecule has 0 spiro atoms. The van der Waals surface area contributed by atoms with Crippen molar-refractivity contribution in [2.75, 3.05) is 11.4 Å². The highest BCUT2D eigenvalue weighted by Crippen LogP contribution is 2.42. The van der Waals surface area contributed by atoms with Crippen molar-refractivity contribution < 1.29 is 14.7 Å². The normalized spacial score (nSPS) is 25.6. The van der Waals surface area contributed by atoms with Crippen LogP contribution in [-0.4, -0.2) is 29.5 Å². The minimum Gasteiger partial charge on any atom is -0.506 e. The van der Waals surface area contributed by atoms with Crippen LogP contribution in [0.2, 0.25) is 0 Å². The molecule has 1 aliphatic heterocycles. The van der Waals surface area contributed by atoms with Crippen molar-refractivity contribution in [1.82, 2.24) is 5.32 Å². The minimum absolute atomic E-state index is 0.0337. The van der Waals surface area contributed by atoms with Gasteiger partial charge in [0.25, 0.3) is 0 Å². The van der Waals surface area contributed by atoms with E-state index in [-0.39, 0.29) is 29.5 Å². The summed E-state index contributed by atoms with van der Waals surface area (Å²) in [4.78, 5) is 27.2. The summed E-state index contributed by atoms with van der Waals surface area (Å²) in [6.45, 7) is 8.55. The van der Waals surface area contributed by atoms with Crippen LogP contribution in [0.5, 0.6) is 5.75 Å². The highest BCUT2D eigenvalue weighted by molar-refractivity contribution is 5.98. The van der Waals surface area contributed by atoms with Crippen LogP contribution in [0.3, 0.4) is 0 Å². The van der Waals surface area contributed by atoms with E-state index in [4.69, 9.17) is 0 Å². The Bertz CT molecular complexity index is 715. The van der Waals surface area contributed by atoms with Gasteiger partial charge in [-0.15, -0.1) is 0 Å². The molecule has 1 aromatic carbocycles. The van der Waals surface area contributed by atoms with E-state index >= 15 is 0 Å². The fraction of sp³-hybridized carbons (Fsp3) is 0.636. The molecule has 1 atom stereocenters. The summed E-state index contributed by atoms with van der Waals surface area (Å²) >= 11 is 0. The van der Waals surface area contributed by atoms with Crippen molar-refractivity contribution in [3.8, 4) is 5.75 Å². The van der Waals surface area contributed by atoms with Gasteiger partial charge in [-0.1, -0.05) is 39.8 Å². The van der Waals surface area contributed by atoms with E-state index in [1.54, 1.807) is 11.0 Å². The van der Waals surface area contributed by atoms with Gasteiger partial charge in [0.15, 0.2) is 0 Å². The summed E-state index contributed by atoms with van der Waals surface area (Å²) in [5, 5.41) is 13.5. The Hall–Kier alpha value is -2.04. The number of benzene rings is 1. The molecule has 1 saturated carbocycles. The second-order valence-electron chi connectivity index (χ2n) is 9.17. The number of carbonyl (C=O) groups excluding carboxylic acids is 2. The molecule has 2 amide bonds. The standard InChI is InChI=1S/C22H32N2O3/c1-14-12-13-24(19-17(14)6-5-7-18(19)25)20(26)15-8-10-16(11-9-15)23-21(27)22(2,3)4/h5-7,14-16,25H,8-13H2,1-4H3,(H,23,27). The molecule has 1 fully saturated rings. The van der Waals surface area contributed by atoms with Crippen molar-refractivity contribution in [3.63, 3.8) is 0 Å². The Morgan fingerprint density at radius 2 is 1.78 bits per heavy atom. The monoisotopic (exact) mass is 372 g/mol. The maximum Gasteiger partial charge on any atom is 0.230 e. The number of hydrogen-bond donors (Lipinski definition) is 2. The van der Waals surface area contributed by atoms with Crippen LogP contribution < -0.4 is 10.2 Å². The van der Waals surface area contributed by atoms with Crippen LogP contribution in [0.1, 0.15) is 71.3 Å². The number of anilines is 1. The van der Waals surface area contributed by atoms with Gasteiger partial charge in [0.2, 0.25) is 11.8 Å². The quantitative estimate of drug-likeness (QED) is 0.826. The number of fused-ring (bicyclic) bond motifs is 1. The number of para-hydroxylation sites is 1. The lowest BCUT2D eigenvalue weighted by Gasteiger charge is -2.37. The van der Waals surface area contributed by atoms with Crippen LogP contribution in [0.25, 0.3) is 0 Å². The Kier molecular flexibility index (Phi) is 5.50. The van der Waals surface area contributed by atoms with Gasteiger partial charge in [-0.2, -0.15) is 0 Å². The lowest BCUT2D eigenvalue weighted by Crippen LogP contribution is -2.46. The smallest absolute Gasteiger partial charge is 0.230 e. The SMILES string of the molecule is CC1CCN(C(=O)C2CCC(NC(=O)C(C)(C)C)CC2)c2c(O)cccc21. The van der Waals surface area contributed by atoms with E-state index in [2.05, 4.69) is 12.2 Å². The maximum atomic E-state index is 13.2. The zero-order chi connectivity index (χ0) is 19.8. The third kappa shape index (κ3) is 4.12. The van der Waals surface area contributed by atoms with E-state index in [9.17, 15) is 14.7 Å². The van der Waals surface area contributed by atoms with Crippen LogP contribution in [-0.2, 0) is 9.59 Å². The molecule has 1 unspecified atom stereocenters. The zero-order valence-corrected chi connectivity index (χ0v) is 16.9. The Labute approximate surface area is 162 Å². The number of carbonyl (C=O) groups is 2. The molecule has 2 N–H and O–H groups in total. The molecule has 0 aromatic heterocycles. The summed E-state index contributed by atoms with van der Waals surface area (Å²) in [5.41, 5.74) is 1.36. The Morgan fingerprint density at radius 3 is 2.41 bits per heavy atom. The summed E-state index contributed by atoms with van der Waals surface area (Å²) < 4.78 is 0. The summed E-state index contributed by atoms with van der Waals surface area (Å²) in [6.07, 6.45) is 4.14. The number of nitrogens with one attached hydrogen (secondary N) is 1. The molecule has 0 bridgehead atoms. The van der Waals surface area contributed by atoms with Gasteiger partial charge in [0.05, 0.1) is 5.69 Å². The molecule has 0 saturated heterocycles. The van der Waals surface area contributed by atoms with Crippen LogP contribution >= 0.6 is 0 Å². The van der Waals surface area contributed by atoms with Crippen LogP contribution in [0.4, 0.5) is 5.69 Å². The fourth-order valence-corrected chi connectivity index (χ4v) is 4.16. The van der Waals surface area contributed by atoms with Gasteiger partial charge in [-0.3, -0.25) is 9.59 Å². The number of hydrogen-bond acceptors (Lipinski definition) is 3. The lowest BCUT2D eigenvalue weighted by atomic mass is 9.83. The van der Waals surface area contributed by atoms with Gasteiger partial charge in [0.1, 0.15) is 5.75 Å². The number of nitrogens with zero attached hydrogens (tertiary/aromatic N) is 1. The topological polar surface area (TPSA) is 69.6 Å². The molecule has 0 radical (unpaired) electrons. The highest BCUT2D eigenvalue weighted by atomic mass is 16.3. The first-order chi connectivity index (χ1) is 12.7. The summed E-state index contributed by atoms with van der Waals surface area (Å²) in [7, 11) is 0. The Morgan fingerprint density at radius 1 is 1.11 bits per heavy atom. The first-order valence-corrected chi connectivity index (χ1v) is 10.1. The number of rotatable bonds is 2. The van der Waals surface area contributed by atoms with E-state index < -0.39 is 5.41 Å². The first kappa shape index (κ1) is 19.7. The number of phenolic OH excluding ortho intramolecular Hbond substituents is 1. The molecule has 5 nitrogen and oxygen atoms in total. The highest BCUT2D eigenvalue weighted by Gasteiger charge is 2.35. The van der Waals surface area contributed by atoms with E-state index in [1.165, 1.54) is 0 Å². The molecule has 3 rings (SSSR count). The van der Waals surface area contributed by atoms with Gasteiger partial charge in [0, 0.05) is 23.9 Å². The molecular weight excluding hydrogens is 340 g/mol. The van der Waals surface area contributed by atoms with Gasteiger partial charge in [-0.25, -0.2) is 0 Å². The van der Waals surface area contributed by atoms with Crippen LogP contribution in [0, 0.1) is 11.3 Å². The zero-order valence-electron chi connectivity index (χ0n) is 16.9. The molecule has 5 heteroatoms. The predicted molar refractivity (Wildman–Crippen MR) is 107 cm³/mol. The van der Waals surface area contributed by atoms with Crippen molar-refractivity contribution in [3.05, 3.63) is 23.8 Å². The number of phenols is 1. The predicted octanol–water partition coefficient (Wildman–Crippen LogP) is 3.95. The minimum atomic E-state index is -0.390. The fourth-order valence-electron chi connectivity index (χ4n) is 4.16. The molecule has 1 heterocycles. The second kappa shape index (κ2) is 7.53. The van der Waals surface area contributed by atoms with E-state index in [0.717, 1.165) is 37.7 Å². The lowest BCUT2D eigenvalue weighted by molar-refractivity contribution is -0.129. The average molecular weight is 373 g/mol. The molecule has 27 heavy (non-hydrogen) atoms. The number of aromatic hydroxyl groups is 1. The van der Waals surface area contributed by atoms with E-state index in [0.29, 0.717) is 18.2 Å². The summed E-state index contributed by atoms with van der Waals surface area (Å²) in [5.74, 6) is 0.693. The third-order valence-electron chi connectivity index (χ3n) is 5.99. The molecule has 1 aliphatic carbocycles. The maximum absolute atomic E-state index is 13.2. The van der Waals surface area contributed by atoms with Crippen LogP contribution in [0.15, 0.2) is 18.2 Å². The van der Waals surface area contributed by atoms with Crippen molar-refractivity contribution in [2.24, 2.45) is 11.3 Å². The number of amides is 2. The second-order valence-corrected chi connectivity index (χ2v) is 9.17. The van der Waals surface area contributed by atoms with Crippen molar-refractivity contribution in [1.29, 1.82) is 0 Å². The van der Waals surface area contributed by atoms with Gasteiger partial charge < -0.3 is 15.3 Å². The van der Waals surface area contributed by atoms with Crippen molar-refractivity contribution in [2.45, 2.75) is 71.8 Å². The Balaban J connectivity index is 1.66. The first-order valence-electron chi connectivity index (χ1n) is 10.1. The van der Waals surface area contributed by atoms with Gasteiger partial charge >= 0.3 is 0 Å². The molecule has 148 valence electrons. The summed E-state index contributed by atoms with van der Waals surface area (Å²) in [6, 6.07) is 5.68. The molecular formula is C22H32N2O3. The molecule has 2 aliphatic rings. The molecule has 1 aromatic rings.